The molecular formula is C24H21F2N5. The molecule has 0 aliphatic carbocycles. The van der Waals surface area contributed by atoms with Crippen LogP contribution in [0.25, 0.3) is 27.7 Å². The first kappa shape index (κ1) is 19.3. The summed E-state index contributed by atoms with van der Waals surface area (Å²) < 4.78 is 33.2. The average Bonchev–Trinajstić information content (AvgIpc) is 3.33. The van der Waals surface area contributed by atoms with Crippen molar-refractivity contribution >= 4 is 16.6 Å². The molecule has 0 radical (unpaired) electrons. The van der Waals surface area contributed by atoms with Gasteiger partial charge >= 0.3 is 0 Å². The zero-order chi connectivity index (χ0) is 21.9. The Bertz CT molecular complexity index is 1420. The van der Waals surface area contributed by atoms with E-state index in [1.54, 1.807) is 29.8 Å². The molecule has 156 valence electrons. The van der Waals surface area contributed by atoms with Crippen LogP contribution in [0.2, 0.25) is 0 Å². The summed E-state index contributed by atoms with van der Waals surface area (Å²) in [5, 5.41) is 12.6. The molecular weight excluding hydrogens is 396 g/mol. The maximum atomic E-state index is 16.1. The molecule has 1 aliphatic heterocycles. The van der Waals surface area contributed by atoms with Gasteiger partial charge in [0.05, 0.1) is 22.3 Å². The number of H-pyrrole nitrogens is 1. The second-order valence-corrected chi connectivity index (χ2v) is 8.13. The number of anilines is 1. The van der Waals surface area contributed by atoms with Crippen LogP contribution in [0.1, 0.15) is 44.9 Å². The molecule has 31 heavy (non-hydrogen) atoms. The van der Waals surface area contributed by atoms with Crippen LogP contribution in [0, 0.1) is 23.5 Å². The third-order valence-corrected chi connectivity index (χ3v) is 5.71. The van der Waals surface area contributed by atoms with Crippen LogP contribution in [0.15, 0.2) is 30.5 Å². The highest BCUT2D eigenvalue weighted by Crippen LogP contribution is 2.43. The van der Waals surface area contributed by atoms with E-state index < -0.39 is 17.2 Å². The molecule has 0 unspecified atom stereocenters. The lowest BCUT2D eigenvalue weighted by Crippen LogP contribution is -2.36. The molecule has 2 aromatic carbocycles. The van der Waals surface area contributed by atoms with Gasteiger partial charge < -0.3 is 10.3 Å². The topological polar surface area (TPSA) is 58.5 Å². The standard InChI is InChI=1S/C24H21F2N5/c1-5-8-13-12-27-21-14(13)9-7-10-15(21)19-16(25)11-17-22(20(19)26)31-18(6-2)29-30-23(31)24(3,4)28-17/h7,9-12,27-28H,6H2,1-4H3. The number of aromatic nitrogens is 4. The lowest BCUT2D eigenvalue weighted by molar-refractivity contribution is 0.516. The Balaban J connectivity index is 1.83. The summed E-state index contributed by atoms with van der Waals surface area (Å²) in [6.07, 6.45) is 2.33. The molecule has 0 spiro atoms. The van der Waals surface area contributed by atoms with E-state index in [4.69, 9.17) is 0 Å². The Labute approximate surface area is 178 Å². The first-order valence-corrected chi connectivity index (χ1v) is 10.2. The number of halogens is 2. The molecule has 7 heteroatoms. The van der Waals surface area contributed by atoms with Gasteiger partial charge in [0.2, 0.25) is 0 Å². The molecule has 0 fully saturated rings. The van der Waals surface area contributed by atoms with Gasteiger partial charge in [-0.25, -0.2) is 8.78 Å². The van der Waals surface area contributed by atoms with Crippen molar-refractivity contribution in [3.05, 3.63) is 59.3 Å². The fourth-order valence-electron chi connectivity index (χ4n) is 4.35. The van der Waals surface area contributed by atoms with Crippen LogP contribution in [-0.4, -0.2) is 19.7 Å². The predicted molar refractivity (Wildman–Crippen MR) is 117 cm³/mol. The first-order chi connectivity index (χ1) is 14.9. The highest BCUT2D eigenvalue weighted by molar-refractivity contribution is 5.98. The van der Waals surface area contributed by atoms with Crippen molar-refractivity contribution in [1.29, 1.82) is 0 Å². The second-order valence-electron chi connectivity index (χ2n) is 8.13. The summed E-state index contributed by atoms with van der Waals surface area (Å²) in [5.41, 5.74) is 1.77. The van der Waals surface area contributed by atoms with E-state index in [-0.39, 0.29) is 11.3 Å². The van der Waals surface area contributed by atoms with Gasteiger partial charge in [0.15, 0.2) is 11.6 Å². The third kappa shape index (κ3) is 2.68. The van der Waals surface area contributed by atoms with Crippen LogP contribution >= 0.6 is 0 Å². The largest absolute Gasteiger partial charge is 0.371 e. The summed E-state index contributed by atoms with van der Waals surface area (Å²) in [7, 11) is 0. The fraction of sp³-hybridized carbons (Fsp3) is 0.250. The van der Waals surface area contributed by atoms with Crippen LogP contribution in [-0.2, 0) is 12.0 Å². The van der Waals surface area contributed by atoms with E-state index in [0.717, 1.165) is 10.9 Å². The normalized spacial score (nSPS) is 13.9. The molecule has 0 saturated heterocycles. The molecule has 5 rings (SSSR count). The first-order valence-electron chi connectivity index (χ1n) is 10.2. The van der Waals surface area contributed by atoms with Gasteiger partial charge in [0, 0.05) is 35.2 Å². The van der Waals surface area contributed by atoms with Crippen molar-refractivity contribution in [2.75, 3.05) is 5.32 Å². The van der Waals surface area contributed by atoms with Crippen molar-refractivity contribution in [2.45, 2.75) is 39.7 Å². The van der Waals surface area contributed by atoms with Gasteiger partial charge in [-0.3, -0.25) is 4.57 Å². The summed E-state index contributed by atoms with van der Waals surface area (Å²) in [5.74, 6) is 5.81. The number of aryl methyl sites for hydroxylation is 1. The average molecular weight is 417 g/mol. The fourth-order valence-corrected chi connectivity index (χ4v) is 4.35. The Morgan fingerprint density at radius 3 is 2.74 bits per heavy atom. The summed E-state index contributed by atoms with van der Waals surface area (Å²) in [6.45, 7) is 7.51. The molecule has 2 aromatic heterocycles. The molecule has 0 atom stereocenters. The van der Waals surface area contributed by atoms with Crippen LogP contribution in [0.5, 0.6) is 0 Å². The van der Waals surface area contributed by atoms with E-state index >= 15 is 8.78 Å². The smallest absolute Gasteiger partial charge is 0.162 e. The number of hydrogen-bond donors (Lipinski definition) is 2. The van der Waals surface area contributed by atoms with Crippen LogP contribution in [0.4, 0.5) is 14.5 Å². The SMILES string of the molecule is CC#Cc1c[nH]c2c(-c3c(F)cc4c(c3F)-n3c(CC)nnc3C(C)(C)N4)cccc12. The molecule has 5 nitrogen and oxygen atoms in total. The number of aromatic amines is 1. The van der Waals surface area contributed by atoms with E-state index in [2.05, 4.69) is 32.3 Å². The predicted octanol–water partition coefficient (Wildman–Crippen LogP) is 5.29. The van der Waals surface area contributed by atoms with Crippen molar-refractivity contribution in [1.82, 2.24) is 19.7 Å². The Morgan fingerprint density at radius 1 is 1.19 bits per heavy atom. The maximum absolute atomic E-state index is 16.1. The third-order valence-electron chi connectivity index (χ3n) is 5.71. The summed E-state index contributed by atoms with van der Waals surface area (Å²) in [6, 6.07) is 6.74. The van der Waals surface area contributed by atoms with E-state index in [1.165, 1.54) is 6.07 Å². The second kappa shape index (κ2) is 6.67. The summed E-state index contributed by atoms with van der Waals surface area (Å²) in [4.78, 5) is 3.14. The minimum Gasteiger partial charge on any atom is -0.371 e. The zero-order valence-corrected chi connectivity index (χ0v) is 17.7. The Hall–Kier alpha value is -3.66. The number of nitrogens with zero attached hydrogens (tertiary/aromatic N) is 3. The van der Waals surface area contributed by atoms with E-state index in [1.807, 2.05) is 26.8 Å². The lowest BCUT2D eigenvalue weighted by atomic mass is 9.95. The van der Waals surface area contributed by atoms with Gasteiger partial charge in [-0.05, 0) is 20.8 Å². The van der Waals surface area contributed by atoms with Crippen molar-refractivity contribution in [3.8, 4) is 28.7 Å². The summed E-state index contributed by atoms with van der Waals surface area (Å²) >= 11 is 0. The van der Waals surface area contributed by atoms with Crippen LogP contribution < -0.4 is 5.32 Å². The minimum atomic E-state index is -0.654. The van der Waals surface area contributed by atoms with Crippen LogP contribution in [0.3, 0.4) is 0 Å². The van der Waals surface area contributed by atoms with E-state index in [9.17, 15) is 0 Å². The number of fused-ring (bicyclic) bond motifs is 4. The molecule has 3 heterocycles. The quantitative estimate of drug-likeness (QED) is 0.436. The molecule has 0 bridgehead atoms. The van der Waals surface area contributed by atoms with Crippen molar-refractivity contribution in [3.63, 3.8) is 0 Å². The van der Waals surface area contributed by atoms with Crippen molar-refractivity contribution in [2.24, 2.45) is 0 Å². The number of rotatable bonds is 2. The van der Waals surface area contributed by atoms with Crippen molar-refractivity contribution < 1.29 is 8.78 Å². The zero-order valence-electron chi connectivity index (χ0n) is 17.7. The molecule has 2 N–H and O–H groups in total. The van der Waals surface area contributed by atoms with Gasteiger partial charge in [0.1, 0.15) is 17.3 Å². The van der Waals surface area contributed by atoms with Gasteiger partial charge in [-0.1, -0.05) is 31.0 Å². The van der Waals surface area contributed by atoms with Gasteiger partial charge in [0.25, 0.3) is 0 Å². The molecule has 0 amide bonds. The highest BCUT2D eigenvalue weighted by atomic mass is 19.1. The number of hydrogen-bond acceptors (Lipinski definition) is 3. The minimum absolute atomic E-state index is 0.0922. The van der Waals surface area contributed by atoms with E-state index in [0.29, 0.717) is 34.8 Å². The highest BCUT2D eigenvalue weighted by Gasteiger charge is 2.37. The monoisotopic (exact) mass is 417 g/mol. The number of nitrogens with one attached hydrogen (secondary N) is 2. The Morgan fingerprint density at radius 2 is 2.00 bits per heavy atom. The molecule has 4 aromatic rings. The number of para-hydroxylation sites is 1. The maximum Gasteiger partial charge on any atom is 0.162 e. The Kier molecular flexibility index (Phi) is 4.16. The lowest BCUT2D eigenvalue weighted by Gasteiger charge is -2.34. The molecule has 1 aliphatic rings. The van der Waals surface area contributed by atoms with Gasteiger partial charge in [-0.2, -0.15) is 0 Å². The number of benzene rings is 2. The molecule has 0 saturated carbocycles. The van der Waals surface area contributed by atoms with Gasteiger partial charge in [-0.15, -0.1) is 16.1 Å².